The van der Waals surface area contributed by atoms with Gasteiger partial charge in [0.05, 0.1) is 18.0 Å². The van der Waals surface area contributed by atoms with E-state index in [9.17, 15) is 13.2 Å². The molecule has 0 saturated heterocycles. The molecule has 0 bridgehead atoms. The molecule has 146 valence electrons. The summed E-state index contributed by atoms with van der Waals surface area (Å²) in [6, 6.07) is 13.0. The molecule has 0 aromatic heterocycles. The lowest BCUT2D eigenvalue weighted by atomic mass is 10.1. The van der Waals surface area contributed by atoms with E-state index >= 15 is 0 Å². The summed E-state index contributed by atoms with van der Waals surface area (Å²) in [7, 11) is -3.59. The Morgan fingerprint density at radius 2 is 1.81 bits per heavy atom. The number of rotatable bonds is 7. The van der Waals surface area contributed by atoms with Crippen molar-refractivity contribution >= 4 is 37.5 Å². The number of hydrogen-bond donors (Lipinski definition) is 1. The summed E-state index contributed by atoms with van der Waals surface area (Å²) >= 11 is 3.40. The van der Waals surface area contributed by atoms with Crippen LogP contribution in [0.15, 0.2) is 46.9 Å². The molecule has 0 heterocycles. The topological polar surface area (TPSA) is 66.5 Å². The molecule has 2 aromatic rings. The number of benzene rings is 2. The van der Waals surface area contributed by atoms with Crippen molar-refractivity contribution in [1.29, 1.82) is 0 Å². The normalized spacial score (nSPS) is 12.5. The van der Waals surface area contributed by atoms with Crippen LogP contribution >= 0.6 is 15.9 Å². The van der Waals surface area contributed by atoms with Crippen molar-refractivity contribution in [1.82, 2.24) is 5.32 Å². The third kappa shape index (κ3) is 5.81. The van der Waals surface area contributed by atoms with Gasteiger partial charge < -0.3 is 5.32 Å². The van der Waals surface area contributed by atoms with E-state index in [-0.39, 0.29) is 18.5 Å². The predicted molar refractivity (Wildman–Crippen MR) is 113 cm³/mol. The smallest absolute Gasteiger partial charge is 0.241 e. The molecule has 1 atom stereocenters. The Labute approximate surface area is 170 Å². The van der Waals surface area contributed by atoms with Crippen LogP contribution in [0.4, 0.5) is 5.69 Å². The van der Waals surface area contributed by atoms with Crippen LogP contribution in [0.1, 0.15) is 36.6 Å². The monoisotopic (exact) mass is 452 g/mol. The maximum atomic E-state index is 12.5. The standard InChI is InChI=1S/C20H25BrN2O3S/c1-5-16-6-8-17(9-7-16)15(3)22-20(24)13-23(27(4,25)26)18-10-11-19(21)14(2)12-18/h6-12,15H,5,13H2,1-4H3,(H,22,24)/t15-/m0/s1. The van der Waals surface area contributed by atoms with E-state index in [2.05, 4.69) is 28.2 Å². The Morgan fingerprint density at radius 3 is 2.33 bits per heavy atom. The van der Waals surface area contributed by atoms with Gasteiger partial charge in [-0.3, -0.25) is 9.10 Å². The largest absolute Gasteiger partial charge is 0.348 e. The van der Waals surface area contributed by atoms with Crippen LogP contribution in [-0.2, 0) is 21.2 Å². The molecule has 0 aliphatic heterocycles. The van der Waals surface area contributed by atoms with Crippen LogP contribution in [0.3, 0.4) is 0 Å². The summed E-state index contributed by atoms with van der Waals surface area (Å²) in [6.07, 6.45) is 2.06. The van der Waals surface area contributed by atoms with Gasteiger partial charge in [0, 0.05) is 4.47 Å². The fourth-order valence-corrected chi connectivity index (χ4v) is 3.82. The number of carbonyl (C=O) groups is 1. The van der Waals surface area contributed by atoms with E-state index in [0.29, 0.717) is 5.69 Å². The first-order valence-corrected chi connectivity index (χ1v) is 11.4. The lowest BCUT2D eigenvalue weighted by Crippen LogP contribution is -2.41. The molecule has 0 aliphatic rings. The maximum Gasteiger partial charge on any atom is 0.241 e. The van der Waals surface area contributed by atoms with Gasteiger partial charge in [0.15, 0.2) is 0 Å². The molecule has 2 aromatic carbocycles. The van der Waals surface area contributed by atoms with Crippen molar-refractivity contribution < 1.29 is 13.2 Å². The van der Waals surface area contributed by atoms with Gasteiger partial charge in [-0.15, -0.1) is 0 Å². The molecule has 0 aliphatic carbocycles. The van der Waals surface area contributed by atoms with Gasteiger partial charge in [-0.1, -0.05) is 47.1 Å². The summed E-state index contributed by atoms with van der Waals surface area (Å²) in [5.41, 5.74) is 3.57. The molecule has 7 heteroatoms. The molecule has 2 rings (SSSR count). The van der Waals surface area contributed by atoms with Crippen molar-refractivity contribution in [2.45, 2.75) is 33.2 Å². The number of nitrogens with one attached hydrogen (secondary N) is 1. The molecular formula is C20H25BrN2O3S. The zero-order chi connectivity index (χ0) is 20.2. The maximum absolute atomic E-state index is 12.5. The van der Waals surface area contributed by atoms with Gasteiger partial charge in [-0.2, -0.15) is 0 Å². The number of halogens is 1. The Hall–Kier alpha value is -1.86. The summed E-state index contributed by atoms with van der Waals surface area (Å²) in [4.78, 5) is 12.5. The third-order valence-corrected chi connectivity index (χ3v) is 6.41. The van der Waals surface area contributed by atoms with Crippen LogP contribution in [0.25, 0.3) is 0 Å². The van der Waals surface area contributed by atoms with E-state index in [4.69, 9.17) is 0 Å². The molecule has 27 heavy (non-hydrogen) atoms. The highest BCUT2D eigenvalue weighted by Crippen LogP contribution is 2.24. The summed E-state index contributed by atoms with van der Waals surface area (Å²) in [6.45, 7) is 5.57. The summed E-state index contributed by atoms with van der Waals surface area (Å²) in [5.74, 6) is -0.354. The van der Waals surface area contributed by atoms with Crippen LogP contribution in [0.5, 0.6) is 0 Å². The minimum absolute atomic E-state index is 0.212. The number of sulfonamides is 1. The van der Waals surface area contributed by atoms with Crippen molar-refractivity contribution in [3.8, 4) is 0 Å². The van der Waals surface area contributed by atoms with Gasteiger partial charge in [0.2, 0.25) is 15.9 Å². The fraction of sp³-hybridized carbons (Fsp3) is 0.350. The Bertz CT molecular complexity index is 911. The lowest BCUT2D eigenvalue weighted by Gasteiger charge is -2.24. The molecule has 1 amide bonds. The SMILES string of the molecule is CCc1ccc([C@H](C)NC(=O)CN(c2ccc(Br)c(C)c2)S(C)(=O)=O)cc1. The average molecular weight is 453 g/mol. The van der Waals surface area contributed by atoms with Crippen LogP contribution in [-0.4, -0.2) is 27.1 Å². The van der Waals surface area contributed by atoms with Crippen LogP contribution < -0.4 is 9.62 Å². The average Bonchev–Trinajstić information content (AvgIpc) is 2.61. The highest BCUT2D eigenvalue weighted by Gasteiger charge is 2.22. The first-order valence-electron chi connectivity index (χ1n) is 8.74. The second-order valence-corrected chi connectivity index (χ2v) is 9.35. The highest BCUT2D eigenvalue weighted by molar-refractivity contribution is 9.10. The van der Waals surface area contributed by atoms with Crippen LogP contribution in [0, 0.1) is 6.92 Å². The fourth-order valence-electron chi connectivity index (χ4n) is 2.73. The third-order valence-electron chi connectivity index (χ3n) is 4.38. The van der Waals surface area contributed by atoms with Gasteiger partial charge in [-0.05, 0) is 55.2 Å². The van der Waals surface area contributed by atoms with E-state index in [1.165, 1.54) is 5.56 Å². The Balaban J connectivity index is 2.14. The molecular weight excluding hydrogens is 428 g/mol. The predicted octanol–water partition coefficient (Wildman–Crippen LogP) is 3.96. The second kappa shape index (κ2) is 8.89. The number of carbonyl (C=O) groups excluding carboxylic acids is 1. The number of aryl methyl sites for hydroxylation is 2. The number of hydrogen-bond acceptors (Lipinski definition) is 3. The quantitative estimate of drug-likeness (QED) is 0.690. The number of nitrogens with zero attached hydrogens (tertiary/aromatic N) is 1. The highest BCUT2D eigenvalue weighted by atomic mass is 79.9. The Kier molecular flexibility index (Phi) is 7.06. The lowest BCUT2D eigenvalue weighted by molar-refractivity contribution is -0.120. The molecule has 5 nitrogen and oxygen atoms in total. The molecule has 0 fully saturated rings. The van der Waals surface area contributed by atoms with E-state index in [0.717, 1.165) is 32.6 Å². The number of amides is 1. The summed E-state index contributed by atoms with van der Waals surface area (Å²) < 4.78 is 26.5. The molecule has 1 N–H and O–H groups in total. The second-order valence-electron chi connectivity index (χ2n) is 6.59. The molecule has 0 saturated carbocycles. The zero-order valence-corrected chi connectivity index (χ0v) is 18.4. The Morgan fingerprint density at radius 1 is 1.19 bits per heavy atom. The van der Waals surface area contributed by atoms with Gasteiger partial charge in [0.1, 0.15) is 6.54 Å². The molecule has 0 radical (unpaired) electrons. The van der Waals surface area contributed by atoms with Gasteiger partial charge in [-0.25, -0.2) is 8.42 Å². The number of anilines is 1. The summed E-state index contributed by atoms with van der Waals surface area (Å²) in [5, 5.41) is 2.88. The van der Waals surface area contributed by atoms with Crippen molar-refractivity contribution in [2.75, 3.05) is 17.1 Å². The van der Waals surface area contributed by atoms with Crippen molar-refractivity contribution in [3.63, 3.8) is 0 Å². The first-order chi connectivity index (χ1) is 12.6. The van der Waals surface area contributed by atoms with Crippen molar-refractivity contribution in [2.24, 2.45) is 0 Å². The molecule has 0 spiro atoms. The van der Waals surface area contributed by atoms with E-state index in [1.807, 2.05) is 38.1 Å². The van der Waals surface area contributed by atoms with E-state index in [1.54, 1.807) is 18.2 Å². The van der Waals surface area contributed by atoms with Gasteiger partial charge >= 0.3 is 0 Å². The minimum atomic E-state index is -3.59. The van der Waals surface area contributed by atoms with Crippen molar-refractivity contribution in [3.05, 3.63) is 63.6 Å². The minimum Gasteiger partial charge on any atom is -0.348 e. The molecule has 0 unspecified atom stereocenters. The first kappa shape index (κ1) is 21.4. The van der Waals surface area contributed by atoms with Crippen LogP contribution in [0.2, 0.25) is 0 Å². The van der Waals surface area contributed by atoms with E-state index < -0.39 is 10.0 Å². The van der Waals surface area contributed by atoms with Gasteiger partial charge in [0.25, 0.3) is 0 Å². The zero-order valence-electron chi connectivity index (χ0n) is 16.0.